The predicted molar refractivity (Wildman–Crippen MR) is 79.4 cm³/mol. The van der Waals surface area contributed by atoms with Crippen LogP contribution in [0.1, 0.15) is 50.5 Å². The van der Waals surface area contributed by atoms with Crippen LogP contribution in [0.15, 0.2) is 30.3 Å². The number of carbonyl (C=O) groups is 1. The van der Waals surface area contributed by atoms with Gasteiger partial charge in [0.05, 0.1) is 5.60 Å². The van der Waals surface area contributed by atoms with E-state index in [-0.39, 0.29) is 11.8 Å². The second-order valence-electron chi connectivity index (χ2n) is 6.55. The first-order chi connectivity index (χ1) is 9.69. The molecule has 1 aromatic rings. The molecule has 108 valence electrons. The minimum atomic E-state index is -0.616. The van der Waals surface area contributed by atoms with Crippen molar-refractivity contribution in [2.24, 2.45) is 11.8 Å². The standard InChI is InChI=1S/C18H24O2/c19-17-10-4-9-16-15(17)8-5-12-18(16,20)13-11-14-6-2-1-3-7-14/h1-3,6-7,15-16,20H,4-5,8-13H2/t15-,16-,18-/m0/s1. The van der Waals surface area contributed by atoms with Gasteiger partial charge in [0.2, 0.25) is 0 Å². The second-order valence-corrected chi connectivity index (χ2v) is 6.55. The molecule has 2 aliphatic carbocycles. The van der Waals surface area contributed by atoms with Gasteiger partial charge in [0.1, 0.15) is 5.78 Å². The highest BCUT2D eigenvalue weighted by atomic mass is 16.3. The van der Waals surface area contributed by atoms with Gasteiger partial charge in [-0.15, -0.1) is 0 Å². The molecule has 1 aromatic carbocycles. The van der Waals surface area contributed by atoms with E-state index >= 15 is 0 Å². The summed E-state index contributed by atoms with van der Waals surface area (Å²) in [5.41, 5.74) is 0.666. The van der Waals surface area contributed by atoms with Crippen molar-refractivity contribution in [2.45, 2.75) is 57.0 Å². The number of aryl methyl sites for hydroxylation is 1. The fraction of sp³-hybridized carbons (Fsp3) is 0.611. The van der Waals surface area contributed by atoms with Crippen LogP contribution in [-0.2, 0) is 11.2 Å². The Bertz CT molecular complexity index is 468. The highest BCUT2D eigenvalue weighted by molar-refractivity contribution is 5.82. The van der Waals surface area contributed by atoms with Crippen molar-refractivity contribution in [1.29, 1.82) is 0 Å². The van der Waals surface area contributed by atoms with Crippen LogP contribution in [-0.4, -0.2) is 16.5 Å². The number of benzene rings is 1. The van der Waals surface area contributed by atoms with Crippen LogP contribution in [0, 0.1) is 11.8 Å². The fourth-order valence-corrected chi connectivity index (χ4v) is 4.24. The third kappa shape index (κ3) is 2.67. The van der Waals surface area contributed by atoms with Crippen LogP contribution in [0.5, 0.6) is 0 Å². The lowest BCUT2D eigenvalue weighted by atomic mass is 9.61. The Kier molecular flexibility index (Phi) is 3.93. The largest absolute Gasteiger partial charge is 0.390 e. The third-order valence-corrected chi connectivity index (χ3v) is 5.34. The van der Waals surface area contributed by atoms with Gasteiger partial charge in [-0.1, -0.05) is 30.3 Å². The number of aliphatic hydroxyl groups is 1. The molecule has 0 amide bonds. The van der Waals surface area contributed by atoms with Gasteiger partial charge in [-0.2, -0.15) is 0 Å². The van der Waals surface area contributed by atoms with Crippen molar-refractivity contribution in [3.05, 3.63) is 35.9 Å². The molecule has 3 rings (SSSR count). The van der Waals surface area contributed by atoms with Crippen LogP contribution >= 0.6 is 0 Å². The summed E-state index contributed by atoms with van der Waals surface area (Å²) in [6.07, 6.45) is 7.30. The van der Waals surface area contributed by atoms with Gasteiger partial charge in [-0.25, -0.2) is 0 Å². The summed E-state index contributed by atoms with van der Waals surface area (Å²) in [5.74, 6) is 0.749. The molecule has 2 fully saturated rings. The van der Waals surface area contributed by atoms with Gasteiger partial charge in [0.15, 0.2) is 0 Å². The molecular weight excluding hydrogens is 248 g/mol. The van der Waals surface area contributed by atoms with E-state index in [1.807, 2.05) is 18.2 Å². The molecule has 0 saturated heterocycles. The van der Waals surface area contributed by atoms with Crippen LogP contribution in [0.3, 0.4) is 0 Å². The lowest BCUT2D eigenvalue weighted by molar-refractivity contribution is -0.142. The molecule has 2 saturated carbocycles. The lowest BCUT2D eigenvalue weighted by Crippen LogP contribution is -2.49. The van der Waals surface area contributed by atoms with E-state index in [0.29, 0.717) is 5.78 Å². The maximum atomic E-state index is 12.1. The van der Waals surface area contributed by atoms with Crippen molar-refractivity contribution >= 4 is 5.78 Å². The molecule has 0 spiro atoms. The third-order valence-electron chi connectivity index (χ3n) is 5.34. The second kappa shape index (κ2) is 5.69. The summed E-state index contributed by atoms with van der Waals surface area (Å²) in [7, 11) is 0. The van der Waals surface area contributed by atoms with Crippen LogP contribution in [0.25, 0.3) is 0 Å². The normalized spacial score (nSPS) is 33.8. The first kappa shape index (κ1) is 13.8. The van der Waals surface area contributed by atoms with E-state index in [2.05, 4.69) is 12.1 Å². The Morgan fingerprint density at radius 3 is 2.75 bits per heavy atom. The monoisotopic (exact) mass is 272 g/mol. The first-order valence-corrected chi connectivity index (χ1v) is 7.98. The minimum absolute atomic E-state index is 0.137. The van der Waals surface area contributed by atoms with Gasteiger partial charge in [-0.3, -0.25) is 4.79 Å². The average Bonchev–Trinajstić information content (AvgIpc) is 2.48. The molecule has 2 nitrogen and oxygen atoms in total. The Hall–Kier alpha value is -1.15. The number of fused-ring (bicyclic) bond motifs is 1. The maximum absolute atomic E-state index is 12.1. The zero-order chi connectivity index (χ0) is 14.0. The van der Waals surface area contributed by atoms with Gasteiger partial charge < -0.3 is 5.11 Å². The van der Waals surface area contributed by atoms with Crippen molar-refractivity contribution in [2.75, 3.05) is 0 Å². The molecule has 0 aromatic heterocycles. The molecule has 0 unspecified atom stereocenters. The minimum Gasteiger partial charge on any atom is -0.390 e. The fourth-order valence-electron chi connectivity index (χ4n) is 4.24. The number of carbonyl (C=O) groups excluding carboxylic acids is 1. The summed E-state index contributed by atoms with van der Waals surface area (Å²) in [4.78, 5) is 12.1. The van der Waals surface area contributed by atoms with E-state index in [9.17, 15) is 9.90 Å². The summed E-state index contributed by atoms with van der Waals surface area (Å²) in [6, 6.07) is 10.4. The van der Waals surface area contributed by atoms with Crippen molar-refractivity contribution in [3.8, 4) is 0 Å². The van der Waals surface area contributed by atoms with Crippen LogP contribution in [0.2, 0.25) is 0 Å². The molecule has 0 bridgehead atoms. The molecule has 0 heterocycles. The topological polar surface area (TPSA) is 37.3 Å². The number of ketones is 1. The lowest BCUT2D eigenvalue weighted by Gasteiger charge is -2.46. The number of hydrogen-bond donors (Lipinski definition) is 1. The molecule has 2 aliphatic rings. The first-order valence-electron chi connectivity index (χ1n) is 7.98. The SMILES string of the molecule is O=C1CCC[C@H]2[C@@H]1CCC[C@]2(O)CCc1ccccc1. The van der Waals surface area contributed by atoms with Gasteiger partial charge >= 0.3 is 0 Å². The number of Topliss-reactive ketones (excluding diaryl/α,β-unsaturated/α-hetero) is 1. The Balaban J connectivity index is 1.71. The van der Waals surface area contributed by atoms with Gasteiger partial charge in [0.25, 0.3) is 0 Å². The molecule has 20 heavy (non-hydrogen) atoms. The van der Waals surface area contributed by atoms with E-state index in [4.69, 9.17) is 0 Å². The Morgan fingerprint density at radius 1 is 1.15 bits per heavy atom. The zero-order valence-corrected chi connectivity index (χ0v) is 12.1. The molecule has 0 aliphatic heterocycles. The van der Waals surface area contributed by atoms with Crippen LogP contribution in [0.4, 0.5) is 0 Å². The molecule has 3 atom stereocenters. The summed E-state index contributed by atoms with van der Waals surface area (Å²) >= 11 is 0. The van der Waals surface area contributed by atoms with E-state index < -0.39 is 5.60 Å². The van der Waals surface area contributed by atoms with Gasteiger partial charge in [0, 0.05) is 12.3 Å². The predicted octanol–water partition coefficient (Wildman–Crippen LogP) is 3.52. The summed E-state index contributed by atoms with van der Waals surface area (Å²) in [5, 5.41) is 11.1. The van der Waals surface area contributed by atoms with E-state index in [0.717, 1.165) is 51.4 Å². The highest BCUT2D eigenvalue weighted by Gasteiger charge is 2.47. The van der Waals surface area contributed by atoms with Crippen molar-refractivity contribution in [1.82, 2.24) is 0 Å². The van der Waals surface area contributed by atoms with Crippen LogP contribution < -0.4 is 0 Å². The molecular formula is C18H24O2. The Morgan fingerprint density at radius 2 is 1.95 bits per heavy atom. The number of hydrogen-bond acceptors (Lipinski definition) is 2. The van der Waals surface area contributed by atoms with E-state index in [1.165, 1.54) is 5.56 Å². The van der Waals surface area contributed by atoms with Crippen molar-refractivity contribution < 1.29 is 9.90 Å². The quantitative estimate of drug-likeness (QED) is 0.914. The molecule has 1 N–H and O–H groups in total. The van der Waals surface area contributed by atoms with E-state index in [1.54, 1.807) is 0 Å². The number of rotatable bonds is 3. The van der Waals surface area contributed by atoms with Crippen molar-refractivity contribution in [3.63, 3.8) is 0 Å². The Labute approximate surface area is 121 Å². The summed E-state index contributed by atoms with van der Waals surface area (Å²) < 4.78 is 0. The molecule has 0 radical (unpaired) electrons. The molecule has 2 heteroatoms. The smallest absolute Gasteiger partial charge is 0.136 e. The highest BCUT2D eigenvalue weighted by Crippen LogP contribution is 2.46. The average molecular weight is 272 g/mol. The zero-order valence-electron chi connectivity index (χ0n) is 12.1. The maximum Gasteiger partial charge on any atom is 0.136 e. The van der Waals surface area contributed by atoms with Gasteiger partial charge in [-0.05, 0) is 56.4 Å². The summed E-state index contributed by atoms with van der Waals surface area (Å²) in [6.45, 7) is 0.